The van der Waals surface area contributed by atoms with Crippen molar-refractivity contribution >= 4 is 0 Å². The zero-order valence-corrected chi connectivity index (χ0v) is 5.87. The van der Waals surface area contributed by atoms with Crippen LogP contribution in [0.15, 0.2) is 0 Å². The molecule has 5 heavy (non-hydrogen) atoms. The van der Waals surface area contributed by atoms with Crippen LogP contribution in [-0.2, 0) is 21.1 Å². The fourth-order valence-electron chi connectivity index (χ4n) is 0. The first-order valence-electron chi connectivity index (χ1n) is 1.69. The maximum Gasteiger partial charge on any atom is 0 e. The van der Waals surface area contributed by atoms with Gasteiger partial charge < -0.3 is 6.42 Å². The molecule has 0 heterocycles. The molecule has 1 heteroatoms. The molecule has 0 N–H and O–H groups in total. The van der Waals surface area contributed by atoms with Gasteiger partial charge in [-0.1, -0.05) is 6.92 Å². The van der Waals surface area contributed by atoms with Crippen molar-refractivity contribution in [1.29, 1.82) is 0 Å². The minimum atomic E-state index is 0. The number of unbranched alkanes of at least 4 members (excludes halogenated alkanes) is 1. The molecule has 0 aromatic rings. The Bertz CT molecular complexity index is 5.61. The zero-order chi connectivity index (χ0) is 3.41. The first-order valence-corrected chi connectivity index (χ1v) is 1.69. The van der Waals surface area contributed by atoms with E-state index in [9.17, 15) is 0 Å². The third-order valence-corrected chi connectivity index (χ3v) is 0.408. The summed E-state index contributed by atoms with van der Waals surface area (Å²) in [6, 6.07) is 0. The summed E-state index contributed by atoms with van der Waals surface area (Å²) in [7, 11) is 0. The molecule has 0 aliphatic rings. The van der Waals surface area contributed by atoms with Gasteiger partial charge in [0.15, 0.2) is 0 Å². The van der Waals surface area contributed by atoms with Gasteiger partial charge in [-0.15, -0.1) is 0 Å². The molecule has 0 saturated carbocycles. The van der Waals surface area contributed by atoms with Gasteiger partial charge in [-0.2, -0.15) is 13.3 Å². The van der Waals surface area contributed by atoms with Crippen LogP contribution in [0.25, 0.3) is 0 Å². The van der Waals surface area contributed by atoms with Crippen LogP contribution in [0.1, 0.15) is 20.3 Å². The van der Waals surface area contributed by atoms with Crippen LogP contribution >= 0.6 is 0 Å². The monoisotopic (exact) mass is 252 g/mol. The minimum absolute atomic E-state index is 0. The third kappa shape index (κ3) is 11.9. The van der Waals surface area contributed by atoms with Crippen molar-refractivity contribution in [3.63, 3.8) is 0 Å². The molecule has 0 atom stereocenters. The van der Waals surface area contributed by atoms with E-state index in [-0.39, 0.29) is 21.1 Å². The molecular weight excluding hydrogens is 243 g/mol. The quantitative estimate of drug-likeness (QED) is 0.622. The molecular formula is C4H9Pt-. The van der Waals surface area contributed by atoms with E-state index in [1.807, 2.05) is 0 Å². The van der Waals surface area contributed by atoms with Crippen molar-refractivity contribution in [3.8, 4) is 0 Å². The summed E-state index contributed by atoms with van der Waals surface area (Å²) in [4.78, 5) is 0. The normalized spacial score (nSPS) is 6.00. The van der Waals surface area contributed by atoms with Crippen LogP contribution in [0.2, 0.25) is 0 Å². The number of hydrogen-bond donors (Lipinski definition) is 0. The Labute approximate surface area is 48.2 Å². The second-order valence-electron chi connectivity index (χ2n) is 0.816. The molecule has 0 saturated heterocycles. The molecule has 0 amide bonds. The average Bonchev–Trinajstić information content (AvgIpc) is 1.37. The Balaban J connectivity index is 0. The van der Waals surface area contributed by atoms with Crippen LogP contribution in [0.4, 0.5) is 0 Å². The summed E-state index contributed by atoms with van der Waals surface area (Å²) in [5.41, 5.74) is 0. The summed E-state index contributed by atoms with van der Waals surface area (Å²) in [5, 5.41) is 0. The fraction of sp³-hybridized carbons (Fsp3) is 0.750. The van der Waals surface area contributed by atoms with Crippen molar-refractivity contribution in [2.75, 3.05) is 0 Å². The van der Waals surface area contributed by atoms with Gasteiger partial charge in [0, 0.05) is 21.1 Å². The standard InChI is InChI=1S/C4H9.Pt/c1-3-4-2;/h3H,4H2,1-2H3;/q-1;. The molecule has 0 fully saturated rings. The Morgan fingerprint density at radius 1 is 1.60 bits per heavy atom. The Hall–Kier alpha value is 0.688. The van der Waals surface area contributed by atoms with E-state index < -0.39 is 0 Å². The molecule has 0 nitrogen and oxygen atoms in total. The van der Waals surface area contributed by atoms with Gasteiger partial charge in [0.2, 0.25) is 0 Å². The van der Waals surface area contributed by atoms with Crippen molar-refractivity contribution in [2.24, 2.45) is 0 Å². The largest absolute Gasteiger partial charge is 0.332 e. The van der Waals surface area contributed by atoms with Crippen molar-refractivity contribution in [1.82, 2.24) is 0 Å². The molecule has 0 aromatic carbocycles. The van der Waals surface area contributed by atoms with E-state index in [2.05, 4.69) is 20.3 Å². The van der Waals surface area contributed by atoms with Gasteiger partial charge in [0.1, 0.15) is 0 Å². The molecule has 0 aliphatic carbocycles. The smallest absolute Gasteiger partial charge is 0 e. The number of hydrogen-bond acceptors (Lipinski definition) is 0. The van der Waals surface area contributed by atoms with Gasteiger partial charge in [-0.05, 0) is 0 Å². The number of rotatable bonds is 1. The van der Waals surface area contributed by atoms with E-state index in [0.29, 0.717) is 0 Å². The molecule has 0 aliphatic heterocycles. The summed E-state index contributed by atoms with van der Waals surface area (Å²) in [6.45, 7) is 4.18. The third-order valence-electron chi connectivity index (χ3n) is 0.408. The molecule has 0 spiro atoms. The maximum absolute atomic E-state index is 2.12. The van der Waals surface area contributed by atoms with Crippen molar-refractivity contribution in [2.45, 2.75) is 20.3 Å². The zero-order valence-electron chi connectivity index (χ0n) is 3.60. The maximum atomic E-state index is 2.12. The minimum Gasteiger partial charge on any atom is -0.332 e. The first-order chi connectivity index (χ1) is 1.91. The predicted molar refractivity (Wildman–Crippen MR) is 20.3 cm³/mol. The van der Waals surface area contributed by atoms with Gasteiger partial charge in [0.05, 0.1) is 0 Å². The topological polar surface area (TPSA) is 0 Å². The second-order valence-corrected chi connectivity index (χ2v) is 0.816. The van der Waals surface area contributed by atoms with E-state index in [4.69, 9.17) is 0 Å². The summed E-state index contributed by atoms with van der Waals surface area (Å²) >= 11 is 0. The van der Waals surface area contributed by atoms with Gasteiger partial charge >= 0.3 is 0 Å². The van der Waals surface area contributed by atoms with Crippen molar-refractivity contribution in [3.05, 3.63) is 6.42 Å². The Kier molecular flexibility index (Phi) is 16.2. The van der Waals surface area contributed by atoms with Crippen LogP contribution in [0, 0.1) is 6.42 Å². The SMILES string of the molecule is C[CH-]CC.[Pt]. The molecule has 0 unspecified atom stereocenters. The average molecular weight is 252 g/mol. The van der Waals surface area contributed by atoms with E-state index in [0.717, 1.165) is 0 Å². The van der Waals surface area contributed by atoms with E-state index in [1.54, 1.807) is 0 Å². The summed E-state index contributed by atoms with van der Waals surface area (Å²) < 4.78 is 0. The summed E-state index contributed by atoms with van der Waals surface area (Å²) in [5.74, 6) is 0. The van der Waals surface area contributed by atoms with Crippen LogP contribution < -0.4 is 0 Å². The molecule has 36 valence electrons. The van der Waals surface area contributed by atoms with E-state index in [1.165, 1.54) is 6.42 Å². The molecule has 0 rings (SSSR count). The second kappa shape index (κ2) is 8.82. The van der Waals surface area contributed by atoms with Gasteiger partial charge in [-0.3, -0.25) is 0 Å². The Morgan fingerprint density at radius 3 is 1.80 bits per heavy atom. The fourth-order valence-corrected chi connectivity index (χ4v) is 0. The van der Waals surface area contributed by atoms with Crippen LogP contribution in [-0.4, -0.2) is 0 Å². The molecule has 0 bridgehead atoms. The van der Waals surface area contributed by atoms with E-state index >= 15 is 0 Å². The Morgan fingerprint density at radius 2 is 1.80 bits per heavy atom. The van der Waals surface area contributed by atoms with Crippen LogP contribution in [0.3, 0.4) is 0 Å². The van der Waals surface area contributed by atoms with Gasteiger partial charge in [0.25, 0.3) is 0 Å². The first kappa shape index (κ1) is 9.19. The van der Waals surface area contributed by atoms with Crippen molar-refractivity contribution < 1.29 is 21.1 Å². The predicted octanol–water partition coefficient (Wildman–Crippen LogP) is 1.62. The molecule has 0 aromatic heterocycles. The molecule has 0 radical (unpaired) electrons. The van der Waals surface area contributed by atoms with Gasteiger partial charge in [-0.25, -0.2) is 0 Å². The van der Waals surface area contributed by atoms with Crippen LogP contribution in [0.5, 0.6) is 0 Å². The summed E-state index contributed by atoms with van der Waals surface area (Å²) in [6.07, 6.45) is 3.32.